The fraction of sp³-hybridized carbons (Fsp3) is 0.333. The van der Waals surface area contributed by atoms with Gasteiger partial charge < -0.3 is 4.74 Å². The topological polar surface area (TPSA) is 9.23 Å². The molecule has 0 aliphatic carbocycles. The number of benzene rings is 1. The summed E-state index contributed by atoms with van der Waals surface area (Å²) in [5, 5.41) is 0. The number of rotatable bonds is 3. The number of ether oxygens (including phenoxy) is 1. The lowest BCUT2D eigenvalue weighted by Gasteiger charge is -2.07. The lowest BCUT2D eigenvalue weighted by Crippen LogP contribution is -2.12. The molecule has 0 N–H and O–H groups in total. The van der Waals surface area contributed by atoms with Crippen LogP contribution in [0.1, 0.15) is 6.42 Å². The molecule has 4 heteroatoms. The Labute approximate surface area is 74.1 Å². The van der Waals surface area contributed by atoms with Crippen LogP contribution in [-0.2, 0) is 0 Å². The Balaban J connectivity index is 2.29. The van der Waals surface area contributed by atoms with Gasteiger partial charge in [-0.1, -0.05) is 18.2 Å². The van der Waals surface area contributed by atoms with E-state index in [0.29, 0.717) is 5.75 Å². The van der Waals surface area contributed by atoms with E-state index < -0.39 is 12.6 Å². The first-order chi connectivity index (χ1) is 6.08. The van der Waals surface area contributed by atoms with Gasteiger partial charge in [0.25, 0.3) is 0 Å². The molecule has 0 heterocycles. The highest BCUT2D eigenvalue weighted by atomic mass is 19.4. The van der Waals surface area contributed by atoms with Crippen LogP contribution in [0.25, 0.3) is 0 Å². The Hall–Kier alpha value is -1.19. The second-order valence-corrected chi connectivity index (χ2v) is 2.53. The van der Waals surface area contributed by atoms with Crippen molar-refractivity contribution in [3.63, 3.8) is 0 Å². The molecule has 0 aliphatic rings. The number of hydrogen-bond acceptors (Lipinski definition) is 1. The Morgan fingerprint density at radius 3 is 2.23 bits per heavy atom. The van der Waals surface area contributed by atoms with Crippen LogP contribution >= 0.6 is 0 Å². The van der Waals surface area contributed by atoms with Gasteiger partial charge in [0.2, 0.25) is 0 Å². The molecule has 1 nitrogen and oxygen atoms in total. The summed E-state index contributed by atoms with van der Waals surface area (Å²) in [5.41, 5.74) is 0. The molecule has 0 amide bonds. The largest absolute Gasteiger partial charge is 0.493 e. The van der Waals surface area contributed by atoms with Gasteiger partial charge in [-0.25, -0.2) is 0 Å². The van der Waals surface area contributed by atoms with Crippen molar-refractivity contribution in [1.29, 1.82) is 0 Å². The minimum atomic E-state index is -4.14. The van der Waals surface area contributed by atoms with Crippen LogP contribution in [0.2, 0.25) is 0 Å². The quantitative estimate of drug-likeness (QED) is 0.711. The fourth-order valence-electron chi connectivity index (χ4n) is 0.801. The highest BCUT2D eigenvalue weighted by Crippen LogP contribution is 2.19. The summed E-state index contributed by atoms with van der Waals surface area (Å²) in [6, 6.07) is 8.44. The van der Waals surface area contributed by atoms with Gasteiger partial charge in [0.1, 0.15) is 5.75 Å². The first-order valence-electron chi connectivity index (χ1n) is 3.82. The molecule has 0 saturated heterocycles. The molecule has 13 heavy (non-hydrogen) atoms. The van der Waals surface area contributed by atoms with Crippen LogP contribution in [0.4, 0.5) is 13.2 Å². The van der Waals surface area contributed by atoms with Crippen molar-refractivity contribution in [3.8, 4) is 5.75 Å². The Morgan fingerprint density at radius 2 is 1.69 bits per heavy atom. The molecule has 1 aromatic rings. The average molecular weight is 190 g/mol. The van der Waals surface area contributed by atoms with E-state index in [2.05, 4.69) is 0 Å². The lowest BCUT2D eigenvalue weighted by atomic mass is 10.3. The third kappa shape index (κ3) is 4.40. The monoisotopic (exact) mass is 190 g/mol. The van der Waals surface area contributed by atoms with Crippen LogP contribution in [0.3, 0.4) is 0 Å². The van der Waals surface area contributed by atoms with Crippen LogP contribution in [0, 0.1) is 0 Å². The predicted octanol–water partition coefficient (Wildman–Crippen LogP) is 3.02. The van der Waals surface area contributed by atoms with Crippen molar-refractivity contribution in [2.24, 2.45) is 0 Å². The number of para-hydroxylation sites is 1. The van der Waals surface area contributed by atoms with E-state index in [1.54, 1.807) is 30.3 Å². The van der Waals surface area contributed by atoms with Crippen molar-refractivity contribution in [2.75, 3.05) is 6.61 Å². The smallest absolute Gasteiger partial charge is 0.392 e. The molecule has 0 radical (unpaired) electrons. The summed E-state index contributed by atoms with van der Waals surface area (Å²) in [5.74, 6) is 0.465. The van der Waals surface area contributed by atoms with Crippen molar-refractivity contribution in [2.45, 2.75) is 12.6 Å². The average Bonchev–Trinajstić information content (AvgIpc) is 2.04. The van der Waals surface area contributed by atoms with E-state index >= 15 is 0 Å². The molecule has 0 saturated carbocycles. The Morgan fingerprint density at radius 1 is 1.08 bits per heavy atom. The number of hydrogen-bond donors (Lipinski definition) is 0. The van der Waals surface area contributed by atoms with E-state index in [0.717, 1.165) is 0 Å². The van der Waals surface area contributed by atoms with Crippen molar-refractivity contribution >= 4 is 0 Å². The molecule has 1 aromatic carbocycles. The SMILES string of the molecule is FC(F)(F)CCOc1ccccc1. The Kier molecular flexibility index (Phi) is 3.17. The van der Waals surface area contributed by atoms with Gasteiger partial charge in [0.05, 0.1) is 13.0 Å². The highest BCUT2D eigenvalue weighted by molar-refractivity contribution is 5.20. The molecular weight excluding hydrogens is 181 g/mol. The molecule has 0 atom stereocenters. The second-order valence-electron chi connectivity index (χ2n) is 2.53. The number of alkyl halides is 3. The van der Waals surface area contributed by atoms with Crippen LogP contribution in [0.15, 0.2) is 30.3 Å². The van der Waals surface area contributed by atoms with E-state index in [9.17, 15) is 13.2 Å². The van der Waals surface area contributed by atoms with Gasteiger partial charge in [-0.15, -0.1) is 0 Å². The summed E-state index contributed by atoms with van der Waals surface area (Å²) in [7, 11) is 0. The molecule has 0 spiro atoms. The van der Waals surface area contributed by atoms with Gasteiger partial charge in [-0.3, -0.25) is 0 Å². The van der Waals surface area contributed by atoms with Crippen LogP contribution < -0.4 is 4.74 Å². The van der Waals surface area contributed by atoms with Gasteiger partial charge in [-0.2, -0.15) is 13.2 Å². The van der Waals surface area contributed by atoms with Crippen LogP contribution in [-0.4, -0.2) is 12.8 Å². The molecular formula is C9H9F3O. The minimum Gasteiger partial charge on any atom is -0.493 e. The number of halogens is 3. The fourth-order valence-corrected chi connectivity index (χ4v) is 0.801. The second kappa shape index (κ2) is 4.16. The molecule has 0 aliphatic heterocycles. The highest BCUT2D eigenvalue weighted by Gasteiger charge is 2.26. The summed E-state index contributed by atoms with van der Waals surface area (Å²) in [4.78, 5) is 0. The Bertz CT molecular complexity index is 243. The summed E-state index contributed by atoms with van der Waals surface area (Å²) in [6.45, 7) is -0.326. The van der Waals surface area contributed by atoms with Crippen molar-refractivity contribution in [3.05, 3.63) is 30.3 Å². The lowest BCUT2D eigenvalue weighted by molar-refractivity contribution is -0.139. The van der Waals surface area contributed by atoms with Crippen molar-refractivity contribution < 1.29 is 17.9 Å². The molecule has 0 unspecified atom stereocenters. The van der Waals surface area contributed by atoms with E-state index in [4.69, 9.17) is 4.74 Å². The summed E-state index contributed by atoms with van der Waals surface area (Å²) < 4.78 is 39.9. The first kappa shape index (κ1) is 9.89. The third-order valence-corrected chi connectivity index (χ3v) is 1.40. The van der Waals surface area contributed by atoms with E-state index in [1.165, 1.54) is 0 Å². The zero-order chi connectivity index (χ0) is 9.73. The minimum absolute atomic E-state index is 0.326. The molecule has 0 bridgehead atoms. The summed E-state index contributed by atoms with van der Waals surface area (Å²) >= 11 is 0. The summed E-state index contributed by atoms with van der Waals surface area (Å²) in [6.07, 6.45) is -5.06. The zero-order valence-electron chi connectivity index (χ0n) is 6.84. The van der Waals surface area contributed by atoms with Gasteiger partial charge in [0, 0.05) is 0 Å². The van der Waals surface area contributed by atoms with Gasteiger partial charge in [-0.05, 0) is 12.1 Å². The standard InChI is InChI=1S/C9H9F3O/c10-9(11,12)6-7-13-8-4-2-1-3-5-8/h1-5H,6-7H2. The third-order valence-electron chi connectivity index (χ3n) is 1.40. The predicted molar refractivity (Wildman–Crippen MR) is 42.6 cm³/mol. The maximum absolute atomic E-state index is 11.7. The molecule has 72 valence electrons. The molecule has 1 rings (SSSR count). The van der Waals surface area contributed by atoms with E-state index in [1.807, 2.05) is 0 Å². The van der Waals surface area contributed by atoms with Gasteiger partial charge in [0.15, 0.2) is 0 Å². The maximum atomic E-state index is 11.7. The van der Waals surface area contributed by atoms with E-state index in [-0.39, 0.29) is 6.61 Å². The maximum Gasteiger partial charge on any atom is 0.392 e. The van der Waals surface area contributed by atoms with Crippen LogP contribution in [0.5, 0.6) is 5.75 Å². The van der Waals surface area contributed by atoms with Gasteiger partial charge >= 0.3 is 6.18 Å². The molecule has 0 aromatic heterocycles. The normalized spacial score (nSPS) is 11.3. The molecule has 0 fully saturated rings. The van der Waals surface area contributed by atoms with Crippen molar-refractivity contribution in [1.82, 2.24) is 0 Å². The first-order valence-corrected chi connectivity index (χ1v) is 3.82. The zero-order valence-corrected chi connectivity index (χ0v) is 6.84.